The number of nitrogens with one attached hydrogen (secondary N) is 1. The maximum atomic E-state index is 10.9. The average Bonchev–Trinajstić information content (AvgIpc) is 2.68. The molecular weight excluding hydrogens is 242 g/mol. The van der Waals surface area contributed by atoms with Crippen LogP contribution in [0.15, 0.2) is 16.8 Å². The smallest absolute Gasteiger partial charge is 0.332 e. The van der Waals surface area contributed by atoms with Gasteiger partial charge in [0.2, 0.25) is 11.8 Å². The van der Waals surface area contributed by atoms with E-state index < -0.39 is 4.92 Å². The summed E-state index contributed by atoms with van der Waals surface area (Å²) in [7, 11) is 0. The molecule has 0 aromatic carbocycles. The van der Waals surface area contributed by atoms with Crippen LogP contribution in [0, 0.1) is 17.0 Å². The lowest BCUT2D eigenvalue weighted by atomic mass is 10.3. The van der Waals surface area contributed by atoms with Gasteiger partial charge in [-0.05, 0) is 18.4 Å². The molecule has 2 heterocycles. The Bertz CT molecular complexity index is 555. The van der Waals surface area contributed by atoms with E-state index in [-0.39, 0.29) is 23.1 Å². The zero-order valence-corrected chi connectivity index (χ0v) is 9.69. The highest BCUT2D eigenvalue weighted by molar-refractivity contribution is 7.08. The number of nitro groups is 1. The zero-order chi connectivity index (χ0) is 12.4. The molecule has 2 rings (SSSR count). The number of nitrogens with zero attached hydrogens (tertiary/aromatic N) is 3. The number of hydrogen-bond acceptors (Lipinski definition) is 7. The van der Waals surface area contributed by atoms with Crippen LogP contribution in [0.3, 0.4) is 0 Å². The fourth-order valence-electron chi connectivity index (χ4n) is 1.37. The third-order valence-electron chi connectivity index (χ3n) is 2.04. The van der Waals surface area contributed by atoms with Gasteiger partial charge in [0.1, 0.15) is 5.69 Å². The van der Waals surface area contributed by atoms with E-state index in [0.717, 1.165) is 5.69 Å². The molecule has 0 aliphatic heterocycles. The van der Waals surface area contributed by atoms with Gasteiger partial charge in [-0.3, -0.25) is 10.1 Å². The molecule has 8 heteroatoms. The van der Waals surface area contributed by atoms with Gasteiger partial charge in [0.05, 0.1) is 10.6 Å². The van der Waals surface area contributed by atoms with Crippen molar-refractivity contribution in [2.45, 2.75) is 6.92 Å². The van der Waals surface area contributed by atoms with Crippen molar-refractivity contribution in [2.75, 3.05) is 11.1 Å². The van der Waals surface area contributed by atoms with Gasteiger partial charge in [-0.15, -0.1) is 0 Å². The number of anilines is 3. The lowest BCUT2D eigenvalue weighted by molar-refractivity contribution is -0.385. The van der Waals surface area contributed by atoms with E-state index in [9.17, 15) is 10.1 Å². The zero-order valence-electron chi connectivity index (χ0n) is 8.88. The first-order chi connectivity index (χ1) is 8.08. The number of thiophene rings is 1. The standard InChI is InChI=1S/C9H9N5O2S/c1-5-7(14(15)16)8(13-9(10)11-5)12-6-2-3-17-4-6/h2-4H,1H3,(H3,10,11,12,13). The maximum Gasteiger partial charge on any atom is 0.332 e. The van der Waals surface area contributed by atoms with Gasteiger partial charge in [0.15, 0.2) is 0 Å². The van der Waals surface area contributed by atoms with Crippen molar-refractivity contribution in [1.29, 1.82) is 0 Å². The molecule has 0 spiro atoms. The molecule has 88 valence electrons. The molecule has 0 unspecified atom stereocenters. The number of hydrogen-bond donors (Lipinski definition) is 2. The van der Waals surface area contributed by atoms with E-state index in [4.69, 9.17) is 5.73 Å². The van der Waals surface area contributed by atoms with Crippen LogP contribution < -0.4 is 11.1 Å². The molecule has 2 aromatic heterocycles. The molecule has 0 bridgehead atoms. The summed E-state index contributed by atoms with van der Waals surface area (Å²) in [4.78, 5) is 18.0. The van der Waals surface area contributed by atoms with Crippen LogP contribution in [0.1, 0.15) is 5.69 Å². The number of aromatic nitrogens is 2. The number of nitrogen functional groups attached to an aromatic ring is 1. The van der Waals surface area contributed by atoms with Crippen LogP contribution in [0.2, 0.25) is 0 Å². The number of nitrogens with two attached hydrogens (primary N) is 1. The largest absolute Gasteiger partial charge is 0.368 e. The third-order valence-corrected chi connectivity index (χ3v) is 2.73. The van der Waals surface area contributed by atoms with Gasteiger partial charge in [-0.1, -0.05) is 0 Å². The third kappa shape index (κ3) is 2.31. The summed E-state index contributed by atoms with van der Waals surface area (Å²) in [6.07, 6.45) is 0. The Morgan fingerprint density at radius 3 is 2.88 bits per heavy atom. The molecule has 3 N–H and O–H groups in total. The normalized spacial score (nSPS) is 10.2. The van der Waals surface area contributed by atoms with Crippen molar-refractivity contribution >= 4 is 34.5 Å². The highest BCUT2D eigenvalue weighted by Gasteiger charge is 2.21. The lowest BCUT2D eigenvalue weighted by Crippen LogP contribution is -2.06. The first-order valence-electron chi connectivity index (χ1n) is 4.65. The van der Waals surface area contributed by atoms with Crippen molar-refractivity contribution < 1.29 is 4.92 Å². The topological polar surface area (TPSA) is 107 Å². The SMILES string of the molecule is Cc1nc(N)nc(Nc2ccsc2)c1[N+](=O)[O-]. The molecule has 0 saturated heterocycles. The Kier molecular flexibility index (Phi) is 2.88. The summed E-state index contributed by atoms with van der Waals surface area (Å²) in [5.74, 6) is 0.115. The fraction of sp³-hybridized carbons (Fsp3) is 0.111. The molecule has 2 aromatic rings. The molecule has 0 saturated carbocycles. The van der Waals surface area contributed by atoms with Crippen LogP contribution >= 0.6 is 11.3 Å². The van der Waals surface area contributed by atoms with Crippen molar-refractivity contribution in [3.05, 3.63) is 32.6 Å². The Morgan fingerprint density at radius 2 is 2.29 bits per heavy atom. The summed E-state index contributed by atoms with van der Waals surface area (Å²) < 4.78 is 0. The Morgan fingerprint density at radius 1 is 1.53 bits per heavy atom. The lowest BCUT2D eigenvalue weighted by Gasteiger charge is -2.06. The number of rotatable bonds is 3. The average molecular weight is 251 g/mol. The molecule has 0 amide bonds. The molecule has 17 heavy (non-hydrogen) atoms. The minimum Gasteiger partial charge on any atom is -0.368 e. The Balaban J connectivity index is 2.47. The van der Waals surface area contributed by atoms with Gasteiger partial charge in [-0.25, -0.2) is 4.98 Å². The summed E-state index contributed by atoms with van der Waals surface area (Å²) in [5.41, 5.74) is 6.28. The second-order valence-corrected chi connectivity index (χ2v) is 4.04. The Hall–Kier alpha value is -2.22. The quantitative estimate of drug-likeness (QED) is 0.638. The highest BCUT2D eigenvalue weighted by Crippen LogP contribution is 2.29. The second-order valence-electron chi connectivity index (χ2n) is 3.26. The minimum atomic E-state index is -0.524. The maximum absolute atomic E-state index is 10.9. The van der Waals surface area contributed by atoms with Crippen LogP contribution in [-0.2, 0) is 0 Å². The summed E-state index contributed by atoms with van der Waals surface area (Å²) >= 11 is 1.47. The predicted molar refractivity (Wildman–Crippen MR) is 65.4 cm³/mol. The summed E-state index contributed by atoms with van der Waals surface area (Å²) in [6.45, 7) is 1.52. The molecule has 0 atom stereocenters. The van der Waals surface area contributed by atoms with Crippen LogP contribution in [0.4, 0.5) is 23.1 Å². The first-order valence-corrected chi connectivity index (χ1v) is 5.60. The van der Waals surface area contributed by atoms with E-state index in [1.807, 2.05) is 10.8 Å². The van der Waals surface area contributed by atoms with E-state index in [1.165, 1.54) is 18.3 Å². The molecule has 0 aliphatic carbocycles. The van der Waals surface area contributed by atoms with Crippen molar-refractivity contribution in [1.82, 2.24) is 9.97 Å². The molecule has 0 aliphatic rings. The van der Waals surface area contributed by atoms with Crippen molar-refractivity contribution in [3.8, 4) is 0 Å². The van der Waals surface area contributed by atoms with E-state index >= 15 is 0 Å². The van der Waals surface area contributed by atoms with Crippen molar-refractivity contribution in [3.63, 3.8) is 0 Å². The summed E-state index contributed by atoms with van der Waals surface area (Å²) in [6, 6.07) is 1.79. The van der Waals surface area contributed by atoms with E-state index in [2.05, 4.69) is 15.3 Å². The van der Waals surface area contributed by atoms with Gasteiger partial charge >= 0.3 is 5.69 Å². The Labute approximate surface area is 100 Å². The predicted octanol–water partition coefficient (Wildman–Crippen LogP) is 2.08. The van der Waals surface area contributed by atoms with Crippen LogP contribution in [-0.4, -0.2) is 14.9 Å². The van der Waals surface area contributed by atoms with Gasteiger partial charge < -0.3 is 11.1 Å². The monoisotopic (exact) mass is 251 g/mol. The van der Waals surface area contributed by atoms with Crippen molar-refractivity contribution in [2.24, 2.45) is 0 Å². The molecule has 0 radical (unpaired) electrons. The van der Waals surface area contributed by atoms with Gasteiger partial charge in [0.25, 0.3) is 0 Å². The van der Waals surface area contributed by atoms with Gasteiger partial charge in [-0.2, -0.15) is 16.3 Å². The first kappa shape index (κ1) is 11.3. The number of aryl methyl sites for hydroxylation is 1. The van der Waals surface area contributed by atoms with Crippen LogP contribution in [0.5, 0.6) is 0 Å². The van der Waals surface area contributed by atoms with Crippen LogP contribution in [0.25, 0.3) is 0 Å². The summed E-state index contributed by atoms with van der Waals surface area (Å²) in [5, 5.41) is 17.5. The molecule has 7 nitrogen and oxygen atoms in total. The fourth-order valence-corrected chi connectivity index (χ4v) is 1.95. The molecular formula is C9H9N5O2S. The van der Waals surface area contributed by atoms with Gasteiger partial charge in [0, 0.05) is 5.38 Å². The highest BCUT2D eigenvalue weighted by atomic mass is 32.1. The van der Waals surface area contributed by atoms with E-state index in [1.54, 1.807) is 6.07 Å². The van der Waals surface area contributed by atoms with E-state index in [0.29, 0.717) is 0 Å². The second kappa shape index (κ2) is 4.34. The molecule has 0 fully saturated rings. The minimum absolute atomic E-state index is 0.00540.